The molecule has 2 aromatic carbocycles. The van der Waals surface area contributed by atoms with Gasteiger partial charge in [0.05, 0.1) is 11.1 Å². The lowest BCUT2D eigenvalue weighted by atomic mass is 10.0. The van der Waals surface area contributed by atoms with Gasteiger partial charge in [-0.2, -0.15) is 0 Å². The molecule has 0 N–H and O–H groups in total. The number of carbonyl (C=O) groups excluding carboxylic acids is 1. The zero-order valence-corrected chi connectivity index (χ0v) is 17.1. The minimum atomic E-state index is -0.103. The van der Waals surface area contributed by atoms with E-state index < -0.39 is 0 Å². The molecule has 0 saturated heterocycles. The van der Waals surface area contributed by atoms with Gasteiger partial charge in [0, 0.05) is 30.0 Å². The van der Waals surface area contributed by atoms with Crippen LogP contribution in [0.25, 0.3) is 6.08 Å². The van der Waals surface area contributed by atoms with Crippen molar-refractivity contribution >= 4 is 27.8 Å². The van der Waals surface area contributed by atoms with Crippen molar-refractivity contribution in [2.45, 2.75) is 13.1 Å². The molecule has 0 saturated carbocycles. The Kier molecular flexibility index (Phi) is 4.66. The van der Waals surface area contributed by atoms with Crippen LogP contribution in [0.1, 0.15) is 27.0 Å². The second kappa shape index (κ2) is 7.46. The third-order valence-electron chi connectivity index (χ3n) is 4.98. The standard InChI is InChI=1S/C23H17BrN2O3/c24-17-3-1-2-16(10-17)11-21-22(27)18-4-5-20-19(23(18)29-21)13-26(14-28-20)12-15-6-8-25-9-7-15/h1-11H,12-14H2. The van der Waals surface area contributed by atoms with Gasteiger partial charge < -0.3 is 9.47 Å². The predicted octanol–water partition coefficient (Wildman–Crippen LogP) is 4.81. The second-order valence-corrected chi connectivity index (χ2v) is 7.95. The summed E-state index contributed by atoms with van der Waals surface area (Å²) in [6, 6.07) is 15.4. The molecular formula is C23H17BrN2O3. The highest BCUT2D eigenvalue weighted by molar-refractivity contribution is 9.10. The maximum absolute atomic E-state index is 12.9. The van der Waals surface area contributed by atoms with Gasteiger partial charge in [-0.1, -0.05) is 28.1 Å². The Morgan fingerprint density at radius 3 is 2.83 bits per heavy atom. The van der Waals surface area contributed by atoms with Crippen LogP contribution in [0.4, 0.5) is 0 Å². The molecule has 0 aliphatic carbocycles. The van der Waals surface area contributed by atoms with Gasteiger partial charge in [0.15, 0.2) is 5.76 Å². The van der Waals surface area contributed by atoms with E-state index in [2.05, 4.69) is 25.8 Å². The van der Waals surface area contributed by atoms with Gasteiger partial charge in [-0.15, -0.1) is 0 Å². The number of rotatable bonds is 3. The summed E-state index contributed by atoms with van der Waals surface area (Å²) in [4.78, 5) is 19.1. The summed E-state index contributed by atoms with van der Waals surface area (Å²) in [7, 11) is 0. The van der Waals surface area contributed by atoms with E-state index in [0.717, 1.165) is 33.5 Å². The van der Waals surface area contributed by atoms with E-state index in [1.54, 1.807) is 24.5 Å². The molecule has 5 nitrogen and oxygen atoms in total. The molecule has 1 aromatic heterocycles. The molecule has 6 heteroatoms. The summed E-state index contributed by atoms with van der Waals surface area (Å²) in [6.07, 6.45) is 5.34. The number of hydrogen-bond acceptors (Lipinski definition) is 5. The number of hydrogen-bond donors (Lipinski definition) is 0. The molecule has 0 amide bonds. The Morgan fingerprint density at radius 1 is 1.14 bits per heavy atom. The summed E-state index contributed by atoms with van der Waals surface area (Å²) < 4.78 is 12.9. The number of ketones is 1. The van der Waals surface area contributed by atoms with E-state index in [9.17, 15) is 4.79 Å². The van der Waals surface area contributed by atoms with Crippen LogP contribution in [0.15, 0.2) is 71.2 Å². The van der Waals surface area contributed by atoms with Crippen LogP contribution >= 0.6 is 15.9 Å². The summed E-state index contributed by atoms with van der Waals surface area (Å²) in [5.74, 6) is 1.60. The van der Waals surface area contributed by atoms with E-state index in [4.69, 9.17) is 9.47 Å². The lowest BCUT2D eigenvalue weighted by molar-refractivity contribution is 0.0872. The quantitative estimate of drug-likeness (QED) is 0.538. The van der Waals surface area contributed by atoms with E-state index >= 15 is 0 Å². The second-order valence-electron chi connectivity index (χ2n) is 7.03. The van der Waals surface area contributed by atoms with Crippen molar-refractivity contribution in [3.8, 4) is 11.5 Å². The zero-order chi connectivity index (χ0) is 19.8. The van der Waals surface area contributed by atoms with E-state index in [1.807, 2.05) is 42.5 Å². The lowest BCUT2D eigenvalue weighted by Crippen LogP contribution is -2.31. The van der Waals surface area contributed by atoms with Crippen LogP contribution < -0.4 is 9.47 Å². The molecule has 0 spiro atoms. The number of carbonyl (C=O) groups is 1. The Hall–Kier alpha value is -2.96. The average Bonchev–Trinajstić information content (AvgIpc) is 3.05. The van der Waals surface area contributed by atoms with E-state index in [1.165, 1.54) is 0 Å². The Bertz CT molecular complexity index is 1130. The molecule has 0 bridgehead atoms. The number of pyridine rings is 1. The molecule has 29 heavy (non-hydrogen) atoms. The molecule has 0 atom stereocenters. The zero-order valence-electron chi connectivity index (χ0n) is 15.5. The topological polar surface area (TPSA) is 51.7 Å². The van der Waals surface area contributed by atoms with Crippen LogP contribution in [-0.2, 0) is 13.1 Å². The number of allylic oxidation sites excluding steroid dienone is 1. The predicted molar refractivity (Wildman–Crippen MR) is 112 cm³/mol. The molecule has 0 fully saturated rings. The third-order valence-corrected chi connectivity index (χ3v) is 5.48. The number of ether oxygens (including phenoxy) is 2. The highest BCUT2D eigenvalue weighted by atomic mass is 79.9. The van der Waals surface area contributed by atoms with Gasteiger partial charge >= 0.3 is 0 Å². The van der Waals surface area contributed by atoms with Gasteiger partial charge in [0.2, 0.25) is 5.78 Å². The SMILES string of the molecule is O=C1C(=Cc2cccc(Br)c2)Oc2c1ccc1c2CN(Cc2ccncc2)CO1. The van der Waals surface area contributed by atoms with Gasteiger partial charge in [0.25, 0.3) is 0 Å². The minimum absolute atomic E-state index is 0.103. The van der Waals surface area contributed by atoms with E-state index in [0.29, 0.717) is 30.3 Å². The number of benzene rings is 2. The van der Waals surface area contributed by atoms with Gasteiger partial charge in [-0.3, -0.25) is 14.7 Å². The summed E-state index contributed by atoms with van der Waals surface area (Å²) >= 11 is 3.46. The first-order chi connectivity index (χ1) is 14.2. The molecular weight excluding hydrogens is 432 g/mol. The first-order valence-electron chi connectivity index (χ1n) is 9.27. The molecule has 0 radical (unpaired) electrons. The average molecular weight is 449 g/mol. The maximum atomic E-state index is 12.9. The van der Waals surface area contributed by atoms with Crippen molar-refractivity contribution in [3.05, 3.63) is 93.4 Å². The van der Waals surface area contributed by atoms with Crippen LogP contribution in [0, 0.1) is 0 Å². The number of nitrogens with zero attached hydrogens (tertiary/aromatic N) is 2. The molecule has 5 rings (SSSR count). The van der Waals surface area contributed by atoms with Crippen molar-refractivity contribution in [1.82, 2.24) is 9.88 Å². The molecule has 0 unspecified atom stereocenters. The smallest absolute Gasteiger partial charge is 0.231 e. The minimum Gasteiger partial charge on any atom is -0.478 e. The van der Waals surface area contributed by atoms with Crippen LogP contribution in [0.2, 0.25) is 0 Å². The fourth-order valence-electron chi connectivity index (χ4n) is 3.60. The van der Waals surface area contributed by atoms with Gasteiger partial charge in [0.1, 0.15) is 18.2 Å². The molecule has 3 aromatic rings. The molecule has 2 aliphatic heterocycles. The fraction of sp³-hybridized carbons (Fsp3) is 0.130. The van der Waals surface area contributed by atoms with Crippen molar-refractivity contribution in [3.63, 3.8) is 0 Å². The number of halogens is 1. The Balaban J connectivity index is 1.44. The number of fused-ring (bicyclic) bond motifs is 3. The largest absolute Gasteiger partial charge is 0.478 e. The number of Topliss-reactive ketones (excluding diaryl/α,β-unsaturated/α-hetero) is 1. The van der Waals surface area contributed by atoms with Crippen molar-refractivity contribution < 1.29 is 14.3 Å². The normalized spacial score (nSPS) is 16.9. The Labute approximate surface area is 176 Å². The van der Waals surface area contributed by atoms with Crippen LogP contribution in [0.3, 0.4) is 0 Å². The van der Waals surface area contributed by atoms with Crippen LogP contribution in [0.5, 0.6) is 11.5 Å². The summed E-state index contributed by atoms with van der Waals surface area (Å²) in [6.45, 7) is 1.88. The molecule has 2 aliphatic rings. The number of aromatic nitrogens is 1. The first-order valence-corrected chi connectivity index (χ1v) is 10.1. The van der Waals surface area contributed by atoms with Crippen LogP contribution in [-0.4, -0.2) is 22.4 Å². The van der Waals surface area contributed by atoms with Gasteiger partial charge in [-0.05, 0) is 53.6 Å². The lowest BCUT2D eigenvalue weighted by Gasteiger charge is -2.29. The summed E-state index contributed by atoms with van der Waals surface area (Å²) in [5, 5.41) is 0. The summed E-state index contributed by atoms with van der Waals surface area (Å²) in [5.41, 5.74) is 3.56. The highest BCUT2D eigenvalue weighted by Crippen LogP contribution is 2.42. The van der Waals surface area contributed by atoms with E-state index in [-0.39, 0.29) is 5.78 Å². The Morgan fingerprint density at radius 2 is 2.00 bits per heavy atom. The highest BCUT2D eigenvalue weighted by Gasteiger charge is 2.33. The maximum Gasteiger partial charge on any atom is 0.231 e. The molecule has 3 heterocycles. The molecule has 144 valence electrons. The monoisotopic (exact) mass is 448 g/mol. The van der Waals surface area contributed by atoms with Crippen molar-refractivity contribution in [1.29, 1.82) is 0 Å². The fourth-order valence-corrected chi connectivity index (χ4v) is 4.02. The third kappa shape index (κ3) is 3.57. The first kappa shape index (κ1) is 18.1. The van der Waals surface area contributed by atoms with Crippen molar-refractivity contribution in [2.75, 3.05) is 6.73 Å². The van der Waals surface area contributed by atoms with Gasteiger partial charge in [-0.25, -0.2) is 0 Å². The van der Waals surface area contributed by atoms with Crippen molar-refractivity contribution in [2.24, 2.45) is 0 Å².